The van der Waals surface area contributed by atoms with Crippen molar-refractivity contribution in [3.63, 3.8) is 0 Å². The molecule has 0 spiro atoms. The fourth-order valence-electron chi connectivity index (χ4n) is 3.52. The molecule has 3 aromatic rings. The topological polar surface area (TPSA) is 75.0 Å². The van der Waals surface area contributed by atoms with Gasteiger partial charge in [-0.3, -0.25) is 9.69 Å². The van der Waals surface area contributed by atoms with Crippen molar-refractivity contribution in [3.8, 4) is 11.4 Å². The maximum Gasteiger partial charge on any atom is 0.416 e. The molecule has 0 bridgehead atoms. The summed E-state index contributed by atoms with van der Waals surface area (Å²) in [5.74, 6) is -0.318. The summed E-state index contributed by atoms with van der Waals surface area (Å²) in [6.07, 6.45) is -4.17. The molecule has 9 heteroatoms. The lowest BCUT2D eigenvalue weighted by Gasteiger charge is -2.28. The Hall–Kier alpha value is -3.20. The highest BCUT2D eigenvalue weighted by atomic mass is 19.4. The second-order valence-corrected chi connectivity index (χ2v) is 7.23. The third-order valence-corrected chi connectivity index (χ3v) is 5.10. The number of nitrogens with two attached hydrogens (primary N) is 1. The Morgan fingerprint density at radius 1 is 1.13 bits per heavy atom. The van der Waals surface area contributed by atoms with Crippen molar-refractivity contribution in [3.05, 3.63) is 81.0 Å². The predicted octanol–water partition coefficient (Wildman–Crippen LogP) is 3.74. The van der Waals surface area contributed by atoms with Crippen LogP contribution in [-0.4, -0.2) is 21.4 Å². The minimum Gasteiger partial charge on any atom is -0.399 e. The summed E-state index contributed by atoms with van der Waals surface area (Å²) >= 11 is 0. The van der Waals surface area contributed by atoms with Gasteiger partial charge in [0.25, 0.3) is 5.56 Å². The van der Waals surface area contributed by atoms with E-state index < -0.39 is 17.6 Å². The van der Waals surface area contributed by atoms with Crippen LogP contribution < -0.4 is 11.3 Å². The first-order valence-corrected chi connectivity index (χ1v) is 9.26. The van der Waals surface area contributed by atoms with E-state index in [2.05, 4.69) is 9.97 Å². The van der Waals surface area contributed by atoms with Crippen LogP contribution in [0.4, 0.5) is 23.2 Å². The Morgan fingerprint density at radius 2 is 1.87 bits per heavy atom. The molecule has 0 fully saturated rings. The van der Waals surface area contributed by atoms with Gasteiger partial charge in [0.15, 0.2) is 0 Å². The van der Waals surface area contributed by atoms with Crippen LogP contribution in [-0.2, 0) is 25.7 Å². The van der Waals surface area contributed by atoms with Crippen molar-refractivity contribution in [2.45, 2.75) is 25.7 Å². The smallest absolute Gasteiger partial charge is 0.399 e. The van der Waals surface area contributed by atoms with Crippen LogP contribution in [0.3, 0.4) is 0 Å². The number of anilines is 1. The molecule has 5 nitrogen and oxygen atoms in total. The fourth-order valence-corrected chi connectivity index (χ4v) is 3.52. The number of halogens is 4. The van der Waals surface area contributed by atoms with Crippen molar-refractivity contribution in [1.82, 2.24) is 14.9 Å². The summed E-state index contributed by atoms with van der Waals surface area (Å²) in [5, 5.41) is 0. The number of rotatable bonds is 3. The van der Waals surface area contributed by atoms with Crippen LogP contribution in [0.2, 0.25) is 0 Å². The molecule has 2 heterocycles. The number of nitrogens with one attached hydrogen (secondary N) is 1. The van der Waals surface area contributed by atoms with Crippen LogP contribution >= 0.6 is 0 Å². The van der Waals surface area contributed by atoms with E-state index in [4.69, 9.17) is 5.73 Å². The molecule has 0 amide bonds. The SMILES string of the molecule is Nc1ccc(-c2nc3c(c(=O)[nH]2)CCN(Cc2cc(C(F)(F)F)ccc2F)C3)cc1. The highest BCUT2D eigenvalue weighted by Gasteiger charge is 2.31. The van der Waals surface area contributed by atoms with Crippen LogP contribution in [0, 0.1) is 5.82 Å². The van der Waals surface area contributed by atoms with E-state index in [9.17, 15) is 22.4 Å². The predicted molar refractivity (Wildman–Crippen MR) is 104 cm³/mol. The lowest BCUT2D eigenvalue weighted by Crippen LogP contribution is -2.35. The van der Waals surface area contributed by atoms with E-state index in [0.717, 1.165) is 18.2 Å². The Labute approximate surface area is 169 Å². The normalized spacial score (nSPS) is 14.5. The first kappa shape index (κ1) is 20.1. The number of benzene rings is 2. The summed E-state index contributed by atoms with van der Waals surface area (Å²) in [7, 11) is 0. The third-order valence-electron chi connectivity index (χ3n) is 5.10. The first-order valence-electron chi connectivity index (χ1n) is 9.26. The number of aromatic amines is 1. The molecule has 2 aromatic carbocycles. The Bertz CT molecular complexity index is 1140. The van der Waals surface area contributed by atoms with Crippen LogP contribution in [0.15, 0.2) is 47.3 Å². The standard InChI is InChI=1S/C21H18F4N4O/c22-17-6-3-14(21(23,24)25)9-13(17)10-29-8-7-16-18(11-29)27-19(28-20(16)30)12-1-4-15(26)5-2-12/h1-6,9H,7-8,10-11,26H2,(H,27,28,30). The van der Waals surface area contributed by atoms with Gasteiger partial charge in [-0.05, 0) is 48.9 Å². The van der Waals surface area contributed by atoms with Gasteiger partial charge in [0.1, 0.15) is 11.6 Å². The summed E-state index contributed by atoms with van der Waals surface area (Å²) in [5.41, 5.74) is 6.83. The average Bonchev–Trinajstić information content (AvgIpc) is 2.69. The zero-order valence-electron chi connectivity index (χ0n) is 15.8. The summed E-state index contributed by atoms with van der Waals surface area (Å²) in [4.78, 5) is 21.5. The van der Waals surface area contributed by atoms with Crippen LogP contribution in [0.1, 0.15) is 22.4 Å². The van der Waals surface area contributed by atoms with Crippen molar-refractivity contribution in [1.29, 1.82) is 0 Å². The monoisotopic (exact) mass is 418 g/mol. The van der Waals surface area contributed by atoms with Crippen LogP contribution in [0.25, 0.3) is 11.4 Å². The van der Waals surface area contributed by atoms with Crippen molar-refractivity contribution >= 4 is 5.69 Å². The zero-order valence-corrected chi connectivity index (χ0v) is 15.8. The number of nitrogens with zero attached hydrogens (tertiary/aromatic N) is 2. The molecule has 0 saturated heterocycles. The van der Waals surface area contributed by atoms with Gasteiger partial charge >= 0.3 is 6.18 Å². The molecule has 0 aliphatic carbocycles. The third kappa shape index (κ3) is 4.06. The maximum absolute atomic E-state index is 14.1. The van der Waals surface area contributed by atoms with E-state index in [-0.39, 0.29) is 24.2 Å². The van der Waals surface area contributed by atoms with E-state index in [1.807, 2.05) is 0 Å². The molecule has 3 N–H and O–H groups in total. The lowest BCUT2D eigenvalue weighted by molar-refractivity contribution is -0.137. The molecule has 0 saturated carbocycles. The molecule has 30 heavy (non-hydrogen) atoms. The number of hydrogen-bond donors (Lipinski definition) is 2. The quantitative estimate of drug-likeness (QED) is 0.502. The fraction of sp³-hybridized carbons (Fsp3) is 0.238. The Kier molecular flexibility index (Phi) is 5.07. The minimum atomic E-state index is -4.54. The van der Waals surface area contributed by atoms with Gasteiger partial charge in [-0.1, -0.05) is 0 Å². The van der Waals surface area contributed by atoms with E-state index >= 15 is 0 Å². The minimum absolute atomic E-state index is 0.0130. The van der Waals surface area contributed by atoms with Gasteiger partial charge < -0.3 is 10.7 Å². The molecule has 1 aromatic heterocycles. The maximum atomic E-state index is 14.1. The van der Waals surface area contributed by atoms with Gasteiger partial charge in [-0.15, -0.1) is 0 Å². The molecule has 1 aliphatic rings. The molecular formula is C21H18F4N4O. The number of hydrogen-bond acceptors (Lipinski definition) is 4. The second-order valence-electron chi connectivity index (χ2n) is 7.23. The second kappa shape index (κ2) is 7.56. The molecule has 1 aliphatic heterocycles. The molecular weight excluding hydrogens is 400 g/mol. The summed E-state index contributed by atoms with van der Waals surface area (Å²) in [6, 6.07) is 9.24. The summed E-state index contributed by atoms with van der Waals surface area (Å²) < 4.78 is 53.0. The zero-order chi connectivity index (χ0) is 21.5. The largest absolute Gasteiger partial charge is 0.416 e. The van der Waals surface area contributed by atoms with E-state index in [1.54, 1.807) is 29.2 Å². The molecule has 0 unspecified atom stereocenters. The lowest BCUT2D eigenvalue weighted by atomic mass is 10.0. The van der Waals surface area contributed by atoms with Gasteiger partial charge in [0.05, 0.1) is 11.3 Å². The van der Waals surface area contributed by atoms with E-state index in [0.29, 0.717) is 41.3 Å². The van der Waals surface area contributed by atoms with Crippen molar-refractivity contribution < 1.29 is 17.6 Å². The highest BCUT2D eigenvalue weighted by Crippen LogP contribution is 2.31. The average molecular weight is 418 g/mol. The first-order chi connectivity index (χ1) is 14.2. The Balaban J connectivity index is 1.61. The van der Waals surface area contributed by atoms with Gasteiger partial charge in [-0.2, -0.15) is 13.2 Å². The van der Waals surface area contributed by atoms with Gasteiger partial charge in [0.2, 0.25) is 0 Å². The van der Waals surface area contributed by atoms with Crippen LogP contribution in [0.5, 0.6) is 0 Å². The number of fused-ring (bicyclic) bond motifs is 1. The van der Waals surface area contributed by atoms with Crippen molar-refractivity contribution in [2.24, 2.45) is 0 Å². The van der Waals surface area contributed by atoms with Crippen molar-refractivity contribution in [2.75, 3.05) is 12.3 Å². The number of aromatic nitrogens is 2. The number of H-pyrrole nitrogens is 1. The summed E-state index contributed by atoms with van der Waals surface area (Å²) in [6.45, 7) is 0.631. The molecule has 156 valence electrons. The Morgan fingerprint density at radius 3 is 2.57 bits per heavy atom. The van der Waals surface area contributed by atoms with E-state index in [1.165, 1.54) is 0 Å². The number of nitrogen functional groups attached to an aromatic ring is 1. The highest BCUT2D eigenvalue weighted by molar-refractivity contribution is 5.58. The molecule has 0 radical (unpaired) electrons. The molecule has 0 atom stereocenters. The molecule has 4 rings (SSSR count). The van der Waals surface area contributed by atoms with Gasteiger partial charge in [-0.25, -0.2) is 9.37 Å². The van der Waals surface area contributed by atoms with Gasteiger partial charge in [0, 0.05) is 42.0 Å². The number of alkyl halides is 3.